The minimum absolute atomic E-state index is 0.137. The number of carbonyl (C=O) groups excluding carboxylic acids is 1. The van der Waals surface area contributed by atoms with Crippen LogP contribution in [0.25, 0.3) is 0 Å². The van der Waals surface area contributed by atoms with Crippen molar-refractivity contribution in [1.82, 2.24) is 9.88 Å². The molecule has 1 amide bonds. The molecule has 1 aromatic heterocycles. The standard InChI is InChI=1S/C13H19N3OS/c1-2-4-13(17)16(8-6-12(14)18)10-11-5-3-7-15-9-11/h3,5,7,9H,2,4,6,8,10H2,1H3,(H2,14,18). The highest BCUT2D eigenvalue weighted by Gasteiger charge is 2.13. The predicted octanol–water partition coefficient (Wildman–Crippen LogP) is 1.89. The van der Waals surface area contributed by atoms with Gasteiger partial charge in [0.15, 0.2) is 0 Å². The molecule has 0 atom stereocenters. The molecular weight excluding hydrogens is 246 g/mol. The Morgan fingerprint density at radius 1 is 1.50 bits per heavy atom. The van der Waals surface area contributed by atoms with E-state index in [1.165, 1.54) is 0 Å². The van der Waals surface area contributed by atoms with E-state index in [9.17, 15) is 4.79 Å². The van der Waals surface area contributed by atoms with Crippen molar-refractivity contribution in [2.24, 2.45) is 5.73 Å². The molecule has 0 saturated carbocycles. The second-order valence-electron chi connectivity index (χ2n) is 4.14. The van der Waals surface area contributed by atoms with Crippen LogP contribution in [0.5, 0.6) is 0 Å². The number of hydrogen-bond acceptors (Lipinski definition) is 3. The van der Waals surface area contributed by atoms with E-state index < -0.39 is 0 Å². The summed E-state index contributed by atoms with van der Waals surface area (Å²) in [4.78, 5) is 18.3. The lowest BCUT2D eigenvalue weighted by atomic mass is 10.2. The Kier molecular flexibility index (Phi) is 6.28. The fourth-order valence-corrected chi connectivity index (χ4v) is 1.71. The van der Waals surface area contributed by atoms with Crippen molar-refractivity contribution < 1.29 is 4.79 Å². The van der Waals surface area contributed by atoms with E-state index in [1.807, 2.05) is 19.1 Å². The number of hydrogen-bond donors (Lipinski definition) is 1. The normalized spacial score (nSPS) is 10.1. The van der Waals surface area contributed by atoms with E-state index >= 15 is 0 Å². The second-order valence-corrected chi connectivity index (χ2v) is 4.67. The SMILES string of the molecule is CCCC(=O)N(CCC(N)=S)Cc1cccnc1. The number of carbonyl (C=O) groups is 1. The lowest BCUT2D eigenvalue weighted by molar-refractivity contribution is -0.131. The summed E-state index contributed by atoms with van der Waals surface area (Å²) in [6.07, 6.45) is 5.45. The summed E-state index contributed by atoms with van der Waals surface area (Å²) in [5, 5.41) is 0. The average Bonchev–Trinajstić information content (AvgIpc) is 2.35. The van der Waals surface area contributed by atoms with Crippen LogP contribution in [0.1, 0.15) is 31.7 Å². The van der Waals surface area contributed by atoms with Gasteiger partial charge in [-0.2, -0.15) is 0 Å². The topological polar surface area (TPSA) is 59.2 Å². The van der Waals surface area contributed by atoms with E-state index in [2.05, 4.69) is 4.98 Å². The molecule has 0 aromatic carbocycles. The largest absolute Gasteiger partial charge is 0.393 e. The Morgan fingerprint density at radius 2 is 2.28 bits per heavy atom. The molecule has 0 bridgehead atoms. The van der Waals surface area contributed by atoms with Crippen molar-refractivity contribution in [1.29, 1.82) is 0 Å². The molecule has 0 aliphatic heterocycles. The van der Waals surface area contributed by atoms with Gasteiger partial charge in [-0.1, -0.05) is 25.2 Å². The molecular formula is C13H19N3OS. The Bertz CT molecular complexity index is 394. The first-order chi connectivity index (χ1) is 8.63. The lowest BCUT2D eigenvalue weighted by Crippen LogP contribution is -2.33. The maximum Gasteiger partial charge on any atom is 0.222 e. The van der Waals surface area contributed by atoms with Crippen molar-refractivity contribution in [2.45, 2.75) is 32.7 Å². The summed E-state index contributed by atoms with van der Waals surface area (Å²) >= 11 is 4.86. The first-order valence-corrected chi connectivity index (χ1v) is 6.49. The predicted molar refractivity (Wildman–Crippen MR) is 76.0 cm³/mol. The summed E-state index contributed by atoms with van der Waals surface area (Å²) in [7, 11) is 0. The van der Waals surface area contributed by atoms with Gasteiger partial charge in [0.05, 0.1) is 4.99 Å². The van der Waals surface area contributed by atoms with E-state index in [1.54, 1.807) is 17.3 Å². The quantitative estimate of drug-likeness (QED) is 0.765. The zero-order valence-electron chi connectivity index (χ0n) is 10.6. The van der Waals surface area contributed by atoms with Crippen molar-refractivity contribution in [3.63, 3.8) is 0 Å². The van der Waals surface area contributed by atoms with Crippen molar-refractivity contribution in [2.75, 3.05) is 6.54 Å². The van der Waals surface area contributed by atoms with Crippen LogP contribution in [0.2, 0.25) is 0 Å². The van der Waals surface area contributed by atoms with Crippen molar-refractivity contribution in [3.8, 4) is 0 Å². The third-order valence-corrected chi connectivity index (χ3v) is 2.75. The number of nitrogens with two attached hydrogens (primary N) is 1. The minimum Gasteiger partial charge on any atom is -0.393 e. The molecule has 4 nitrogen and oxygen atoms in total. The highest BCUT2D eigenvalue weighted by molar-refractivity contribution is 7.80. The smallest absolute Gasteiger partial charge is 0.222 e. The summed E-state index contributed by atoms with van der Waals surface area (Å²) in [5.41, 5.74) is 6.51. The van der Waals surface area contributed by atoms with Crippen LogP contribution in [0.3, 0.4) is 0 Å². The van der Waals surface area contributed by atoms with Crippen molar-refractivity contribution >= 4 is 23.1 Å². The Hall–Kier alpha value is -1.49. The molecule has 0 aliphatic carbocycles. The molecule has 5 heteroatoms. The fourth-order valence-electron chi connectivity index (χ4n) is 1.62. The van der Waals surface area contributed by atoms with E-state index in [0.717, 1.165) is 12.0 Å². The molecule has 1 aromatic rings. The fraction of sp³-hybridized carbons (Fsp3) is 0.462. The van der Waals surface area contributed by atoms with Gasteiger partial charge in [-0.3, -0.25) is 9.78 Å². The van der Waals surface area contributed by atoms with Gasteiger partial charge in [-0.25, -0.2) is 0 Å². The first-order valence-electron chi connectivity index (χ1n) is 6.08. The molecule has 2 N–H and O–H groups in total. The lowest BCUT2D eigenvalue weighted by Gasteiger charge is -2.22. The average molecular weight is 265 g/mol. The first kappa shape index (κ1) is 14.6. The summed E-state index contributed by atoms with van der Waals surface area (Å²) in [6, 6.07) is 3.82. The molecule has 1 rings (SSSR count). The van der Waals surface area contributed by atoms with Crippen LogP contribution in [-0.4, -0.2) is 27.3 Å². The van der Waals surface area contributed by atoms with Crippen LogP contribution < -0.4 is 5.73 Å². The number of thiocarbonyl (C=S) groups is 1. The van der Waals surface area contributed by atoms with Gasteiger partial charge in [-0.15, -0.1) is 0 Å². The van der Waals surface area contributed by atoms with Gasteiger partial charge in [0, 0.05) is 38.3 Å². The monoisotopic (exact) mass is 265 g/mol. The van der Waals surface area contributed by atoms with Crippen LogP contribution in [0.15, 0.2) is 24.5 Å². The molecule has 0 spiro atoms. The number of nitrogens with zero attached hydrogens (tertiary/aromatic N) is 2. The number of aromatic nitrogens is 1. The van der Waals surface area contributed by atoms with Gasteiger partial charge in [0.2, 0.25) is 5.91 Å². The van der Waals surface area contributed by atoms with Crippen molar-refractivity contribution in [3.05, 3.63) is 30.1 Å². The molecule has 0 unspecified atom stereocenters. The summed E-state index contributed by atoms with van der Waals surface area (Å²) < 4.78 is 0. The maximum absolute atomic E-state index is 12.0. The molecule has 0 fully saturated rings. The highest BCUT2D eigenvalue weighted by Crippen LogP contribution is 2.07. The van der Waals surface area contributed by atoms with Crippen LogP contribution in [0, 0.1) is 0 Å². The highest BCUT2D eigenvalue weighted by atomic mass is 32.1. The van der Waals surface area contributed by atoms with Gasteiger partial charge < -0.3 is 10.6 Å². The third kappa shape index (κ3) is 5.23. The van der Waals surface area contributed by atoms with Gasteiger partial charge in [-0.05, 0) is 18.1 Å². The molecule has 0 saturated heterocycles. The minimum atomic E-state index is 0.137. The zero-order valence-corrected chi connectivity index (χ0v) is 11.4. The number of amides is 1. The maximum atomic E-state index is 12.0. The number of rotatable bonds is 7. The Morgan fingerprint density at radius 3 is 2.83 bits per heavy atom. The molecule has 0 radical (unpaired) electrons. The second kappa shape index (κ2) is 7.76. The Labute approximate surface area is 113 Å². The van der Waals surface area contributed by atoms with Crippen LogP contribution in [-0.2, 0) is 11.3 Å². The number of pyridine rings is 1. The Balaban J connectivity index is 2.64. The molecule has 98 valence electrons. The van der Waals surface area contributed by atoms with Gasteiger partial charge >= 0.3 is 0 Å². The summed E-state index contributed by atoms with van der Waals surface area (Å²) in [6.45, 7) is 3.13. The van der Waals surface area contributed by atoms with E-state index in [-0.39, 0.29) is 5.91 Å². The van der Waals surface area contributed by atoms with E-state index in [4.69, 9.17) is 18.0 Å². The zero-order chi connectivity index (χ0) is 13.4. The summed E-state index contributed by atoms with van der Waals surface area (Å²) in [5.74, 6) is 0.137. The molecule has 18 heavy (non-hydrogen) atoms. The molecule has 0 aliphatic rings. The molecule has 1 heterocycles. The van der Waals surface area contributed by atoms with Crippen LogP contribution >= 0.6 is 12.2 Å². The van der Waals surface area contributed by atoms with E-state index in [0.29, 0.717) is 30.9 Å². The van der Waals surface area contributed by atoms with Gasteiger partial charge in [0.1, 0.15) is 0 Å². The van der Waals surface area contributed by atoms with Gasteiger partial charge in [0.25, 0.3) is 0 Å². The third-order valence-electron chi connectivity index (χ3n) is 2.54. The van der Waals surface area contributed by atoms with Crippen LogP contribution in [0.4, 0.5) is 0 Å².